The van der Waals surface area contributed by atoms with Gasteiger partial charge in [0.05, 0.1) is 17.7 Å². The number of nitrogens with zero attached hydrogens (tertiary/aromatic N) is 1. The van der Waals surface area contributed by atoms with Gasteiger partial charge >= 0.3 is 12.0 Å². The number of pyridine rings is 1. The van der Waals surface area contributed by atoms with Crippen LogP contribution in [0.25, 0.3) is 10.9 Å². The van der Waals surface area contributed by atoms with Gasteiger partial charge in [0.15, 0.2) is 5.60 Å². The predicted octanol–water partition coefficient (Wildman–Crippen LogP) is 1.19. The minimum atomic E-state index is -2.02. The average molecular weight is 289 g/mol. The molecule has 1 heterocycles. The molecule has 2 aromatic rings. The molecule has 0 saturated heterocycles. The molecule has 0 radical (unpaired) electrons. The molecule has 1 atom stereocenters. The number of anilines is 1. The number of aromatic nitrogens is 1. The van der Waals surface area contributed by atoms with Gasteiger partial charge in [0.2, 0.25) is 0 Å². The summed E-state index contributed by atoms with van der Waals surface area (Å²) in [5, 5.41) is 24.0. The van der Waals surface area contributed by atoms with Crippen molar-refractivity contribution >= 4 is 28.6 Å². The van der Waals surface area contributed by atoms with Crippen molar-refractivity contribution < 1.29 is 19.8 Å². The minimum absolute atomic E-state index is 0.406. The molecule has 0 aliphatic heterocycles. The Morgan fingerprint density at radius 1 is 1.29 bits per heavy atom. The summed E-state index contributed by atoms with van der Waals surface area (Å²) < 4.78 is 0. The summed E-state index contributed by atoms with van der Waals surface area (Å²) in [7, 11) is 0. The second-order valence-electron chi connectivity index (χ2n) is 4.76. The van der Waals surface area contributed by atoms with Gasteiger partial charge in [0, 0.05) is 11.6 Å². The van der Waals surface area contributed by atoms with Gasteiger partial charge in [-0.1, -0.05) is 6.07 Å². The molecule has 0 fully saturated rings. The average Bonchev–Trinajstić information content (AvgIpc) is 2.45. The van der Waals surface area contributed by atoms with Gasteiger partial charge in [-0.05, 0) is 31.2 Å². The van der Waals surface area contributed by atoms with E-state index < -0.39 is 24.1 Å². The first-order valence-corrected chi connectivity index (χ1v) is 6.24. The molecule has 110 valence electrons. The van der Waals surface area contributed by atoms with Crippen molar-refractivity contribution in [1.29, 1.82) is 0 Å². The summed E-state index contributed by atoms with van der Waals surface area (Å²) in [5.41, 5.74) is -0.738. The number of nitrogens with one attached hydrogen (secondary N) is 2. The van der Waals surface area contributed by atoms with Gasteiger partial charge in [0.25, 0.3) is 0 Å². The van der Waals surface area contributed by atoms with Gasteiger partial charge in [-0.3, -0.25) is 4.98 Å². The van der Waals surface area contributed by atoms with Crippen molar-refractivity contribution in [1.82, 2.24) is 10.3 Å². The standard InChI is InChI=1S/C14H15N3O4/c1-14(21,12(18)19)8-16-13(20)17-11-6-2-5-10-9(11)4-3-7-15-10/h2-7,21H,8H2,1H3,(H,18,19)(H2,16,17,20). The highest BCUT2D eigenvalue weighted by Crippen LogP contribution is 2.20. The van der Waals surface area contributed by atoms with Crippen molar-refractivity contribution in [3.63, 3.8) is 0 Å². The highest BCUT2D eigenvalue weighted by atomic mass is 16.4. The highest BCUT2D eigenvalue weighted by Gasteiger charge is 2.30. The number of carboxylic acid groups (broad SMARTS) is 1. The number of rotatable bonds is 4. The minimum Gasteiger partial charge on any atom is -0.479 e. The van der Waals surface area contributed by atoms with E-state index in [0.717, 1.165) is 17.8 Å². The third-order valence-electron chi connectivity index (χ3n) is 2.95. The molecule has 7 heteroatoms. The van der Waals surface area contributed by atoms with Crippen molar-refractivity contribution in [3.05, 3.63) is 36.5 Å². The zero-order valence-electron chi connectivity index (χ0n) is 11.3. The van der Waals surface area contributed by atoms with Crippen molar-refractivity contribution in [2.45, 2.75) is 12.5 Å². The van der Waals surface area contributed by atoms with E-state index >= 15 is 0 Å². The molecular weight excluding hydrogens is 274 g/mol. The Hall–Kier alpha value is -2.67. The first kappa shape index (κ1) is 14.7. The zero-order valence-corrected chi connectivity index (χ0v) is 11.3. The number of aliphatic hydroxyl groups is 1. The summed E-state index contributed by atoms with van der Waals surface area (Å²) in [6, 6.07) is 8.23. The molecule has 4 N–H and O–H groups in total. The Balaban J connectivity index is 2.07. The molecule has 2 rings (SSSR count). The van der Waals surface area contributed by atoms with Crippen LogP contribution >= 0.6 is 0 Å². The van der Waals surface area contributed by atoms with Crippen LogP contribution < -0.4 is 10.6 Å². The summed E-state index contributed by atoms with van der Waals surface area (Å²) in [4.78, 5) is 26.7. The normalized spacial score (nSPS) is 13.4. The van der Waals surface area contributed by atoms with Gasteiger partial charge < -0.3 is 20.8 Å². The van der Waals surface area contributed by atoms with Crippen LogP contribution in [0.2, 0.25) is 0 Å². The second kappa shape index (κ2) is 5.76. The number of benzene rings is 1. The monoisotopic (exact) mass is 289 g/mol. The number of carbonyl (C=O) groups excluding carboxylic acids is 1. The van der Waals surface area contributed by atoms with Gasteiger partial charge in [-0.25, -0.2) is 9.59 Å². The van der Waals surface area contributed by atoms with E-state index in [2.05, 4.69) is 15.6 Å². The largest absolute Gasteiger partial charge is 0.479 e. The molecule has 1 aromatic carbocycles. The first-order valence-electron chi connectivity index (χ1n) is 6.24. The Morgan fingerprint density at radius 3 is 2.76 bits per heavy atom. The topological polar surface area (TPSA) is 112 Å². The van der Waals surface area contributed by atoms with E-state index in [4.69, 9.17) is 5.11 Å². The van der Waals surface area contributed by atoms with E-state index in [9.17, 15) is 14.7 Å². The molecule has 0 aliphatic carbocycles. The Bertz CT molecular complexity index is 679. The number of fused-ring (bicyclic) bond motifs is 1. The smallest absolute Gasteiger partial charge is 0.337 e. The zero-order chi connectivity index (χ0) is 15.5. The van der Waals surface area contributed by atoms with Crippen molar-refractivity contribution in [3.8, 4) is 0 Å². The molecular formula is C14H15N3O4. The third kappa shape index (κ3) is 3.46. The van der Waals surface area contributed by atoms with Crippen LogP contribution in [0.3, 0.4) is 0 Å². The van der Waals surface area contributed by atoms with Crippen LogP contribution in [0, 0.1) is 0 Å². The number of amides is 2. The summed E-state index contributed by atoms with van der Waals surface area (Å²) in [6.07, 6.45) is 1.65. The molecule has 1 aromatic heterocycles. The van der Waals surface area contributed by atoms with Crippen LogP contribution in [0.1, 0.15) is 6.92 Å². The lowest BCUT2D eigenvalue weighted by molar-refractivity contribution is -0.155. The fourth-order valence-corrected chi connectivity index (χ4v) is 1.71. The summed E-state index contributed by atoms with van der Waals surface area (Å²) in [5.74, 6) is -1.41. The fraction of sp³-hybridized carbons (Fsp3) is 0.214. The predicted molar refractivity (Wildman–Crippen MR) is 77.0 cm³/mol. The van der Waals surface area contributed by atoms with E-state index in [-0.39, 0.29) is 0 Å². The maximum Gasteiger partial charge on any atom is 0.337 e. The van der Waals surface area contributed by atoms with Crippen LogP contribution in [-0.2, 0) is 4.79 Å². The van der Waals surface area contributed by atoms with E-state index in [1.165, 1.54) is 0 Å². The van der Waals surface area contributed by atoms with Crippen LogP contribution in [0.5, 0.6) is 0 Å². The Morgan fingerprint density at radius 2 is 2.05 bits per heavy atom. The fourth-order valence-electron chi connectivity index (χ4n) is 1.71. The van der Waals surface area contributed by atoms with Crippen molar-refractivity contribution in [2.75, 3.05) is 11.9 Å². The number of urea groups is 1. The number of hydrogen-bond donors (Lipinski definition) is 4. The maximum absolute atomic E-state index is 11.8. The lowest BCUT2D eigenvalue weighted by Gasteiger charge is -2.18. The third-order valence-corrected chi connectivity index (χ3v) is 2.95. The molecule has 2 amide bonds. The Kier molecular flexibility index (Phi) is 4.04. The lowest BCUT2D eigenvalue weighted by Crippen LogP contribution is -2.47. The summed E-state index contributed by atoms with van der Waals surface area (Å²) in [6.45, 7) is 0.703. The molecule has 0 spiro atoms. The van der Waals surface area contributed by atoms with Gasteiger partial charge in [-0.2, -0.15) is 0 Å². The molecule has 7 nitrogen and oxygen atoms in total. The molecule has 0 aliphatic rings. The molecule has 1 unspecified atom stereocenters. The number of aliphatic carboxylic acids is 1. The van der Waals surface area contributed by atoms with Crippen LogP contribution in [-0.4, -0.2) is 39.3 Å². The molecule has 0 bridgehead atoms. The van der Waals surface area contributed by atoms with E-state index in [1.807, 2.05) is 12.1 Å². The van der Waals surface area contributed by atoms with E-state index in [1.54, 1.807) is 24.4 Å². The first-order chi connectivity index (χ1) is 9.90. The van der Waals surface area contributed by atoms with E-state index in [0.29, 0.717) is 5.69 Å². The number of hydrogen-bond acceptors (Lipinski definition) is 4. The SMILES string of the molecule is CC(O)(CNC(=O)Nc1cccc2ncccc12)C(=O)O. The van der Waals surface area contributed by atoms with Gasteiger partial charge in [0.1, 0.15) is 0 Å². The Labute approximate surface area is 120 Å². The second-order valence-corrected chi connectivity index (χ2v) is 4.76. The quantitative estimate of drug-likeness (QED) is 0.675. The lowest BCUT2D eigenvalue weighted by atomic mass is 10.1. The van der Waals surface area contributed by atoms with Gasteiger partial charge in [-0.15, -0.1) is 0 Å². The highest BCUT2D eigenvalue weighted by molar-refractivity contribution is 6.00. The van der Waals surface area contributed by atoms with Crippen LogP contribution in [0.15, 0.2) is 36.5 Å². The summed E-state index contributed by atoms with van der Waals surface area (Å²) >= 11 is 0. The number of carbonyl (C=O) groups is 2. The molecule has 21 heavy (non-hydrogen) atoms. The number of carboxylic acids is 1. The molecule has 0 saturated carbocycles. The van der Waals surface area contributed by atoms with Crippen molar-refractivity contribution in [2.24, 2.45) is 0 Å². The van der Waals surface area contributed by atoms with Crippen LogP contribution in [0.4, 0.5) is 10.5 Å². The maximum atomic E-state index is 11.8.